The van der Waals surface area contributed by atoms with Crippen molar-refractivity contribution in [2.45, 2.75) is 19.4 Å². The summed E-state index contributed by atoms with van der Waals surface area (Å²) in [4.78, 5) is 6.79. The number of para-hydroxylation sites is 1. The molecular weight excluding hydrogens is 314 g/mol. The molecule has 0 bridgehead atoms. The summed E-state index contributed by atoms with van der Waals surface area (Å²) in [5, 5.41) is 11.6. The van der Waals surface area contributed by atoms with Crippen LogP contribution in [0.15, 0.2) is 54.7 Å². The van der Waals surface area contributed by atoms with Gasteiger partial charge in [-0.05, 0) is 49.2 Å². The first kappa shape index (κ1) is 15.4. The Bertz CT molecular complexity index is 881. The fourth-order valence-electron chi connectivity index (χ4n) is 3.15. The highest BCUT2D eigenvalue weighted by Gasteiger charge is 2.29. The van der Waals surface area contributed by atoms with E-state index in [1.165, 1.54) is 5.56 Å². The number of anilines is 4. The van der Waals surface area contributed by atoms with Crippen molar-refractivity contribution in [3.63, 3.8) is 0 Å². The lowest BCUT2D eigenvalue weighted by atomic mass is 10.1. The zero-order chi connectivity index (χ0) is 17.2. The number of hydrogen-bond donors (Lipinski definition) is 1. The average molecular weight is 333 g/mol. The van der Waals surface area contributed by atoms with Gasteiger partial charge in [0, 0.05) is 17.4 Å². The molecule has 6 heteroatoms. The zero-order valence-electron chi connectivity index (χ0n) is 14.2. The fourth-order valence-corrected chi connectivity index (χ4v) is 3.15. The Balaban J connectivity index is 1.61. The van der Waals surface area contributed by atoms with E-state index in [0.717, 1.165) is 23.5 Å². The highest BCUT2D eigenvalue weighted by molar-refractivity contribution is 5.68. The summed E-state index contributed by atoms with van der Waals surface area (Å²) >= 11 is 0. The first-order valence-corrected chi connectivity index (χ1v) is 8.22. The van der Waals surface area contributed by atoms with E-state index in [2.05, 4.69) is 50.5 Å². The van der Waals surface area contributed by atoms with E-state index in [0.29, 0.717) is 17.8 Å². The standard InChI is InChI=1S/C19H19N5O/c1-13-11-14-5-3-4-6-17(14)24(13)19-22-18(12-20-23-19)21-15-7-9-16(25-2)10-8-15/h3-10,12-13H,11H2,1-2H3,(H,21,22,23). The molecule has 0 aliphatic carbocycles. The monoisotopic (exact) mass is 333 g/mol. The highest BCUT2D eigenvalue weighted by Crippen LogP contribution is 2.36. The first-order chi connectivity index (χ1) is 12.2. The summed E-state index contributed by atoms with van der Waals surface area (Å²) in [5.41, 5.74) is 3.38. The van der Waals surface area contributed by atoms with Crippen molar-refractivity contribution < 1.29 is 4.74 Å². The lowest BCUT2D eigenvalue weighted by molar-refractivity contribution is 0.415. The number of fused-ring (bicyclic) bond motifs is 1. The van der Waals surface area contributed by atoms with Gasteiger partial charge in [0.25, 0.3) is 5.95 Å². The van der Waals surface area contributed by atoms with Crippen LogP contribution in [0.3, 0.4) is 0 Å². The van der Waals surface area contributed by atoms with Gasteiger partial charge in [-0.2, -0.15) is 10.1 Å². The maximum Gasteiger partial charge on any atom is 0.252 e. The van der Waals surface area contributed by atoms with E-state index >= 15 is 0 Å². The molecule has 25 heavy (non-hydrogen) atoms. The number of aromatic nitrogens is 3. The van der Waals surface area contributed by atoms with E-state index in [-0.39, 0.29) is 0 Å². The lowest BCUT2D eigenvalue weighted by Gasteiger charge is -2.22. The topological polar surface area (TPSA) is 63.2 Å². The molecule has 1 aromatic heterocycles. The Morgan fingerprint density at radius 2 is 1.92 bits per heavy atom. The maximum absolute atomic E-state index is 5.18. The normalized spacial score (nSPS) is 15.8. The average Bonchev–Trinajstić information content (AvgIpc) is 2.98. The molecule has 6 nitrogen and oxygen atoms in total. The van der Waals surface area contributed by atoms with Gasteiger partial charge >= 0.3 is 0 Å². The van der Waals surface area contributed by atoms with Crippen LogP contribution in [0.4, 0.5) is 23.1 Å². The molecule has 126 valence electrons. The van der Waals surface area contributed by atoms with Gasteiger partial charge in [-0.3, -0.25) is 0 Å². The minimum absolute atomic E-state index is 0.301. The number of methoxy groups -OCH3 is 1. The summed E-state index contributed by atoms with van der Waals surface area (Å²) in [6.45, 7) is 2.17. The lowest BCUT2D eigenvalue weighted by Crippen LogP contribution is -2.26. The Labute approximate surface area is 146 Å². The van der Waals surface area contributed by atoms with Crippen LogP contribution in [-0.2, 0) is 6.42 Å². The minimum atomic E-state index is 0.301. The van der Waals surface area contributed by atoms with Crippen LogP contribution in [-0.4, -0.2) is 28.3 Å². The van der Waals surface area contributed by atoms with Crippen molar-refractivity contribution in [2.75, 3.05) is 17.3 Å². The molecule has 1 atom stereocenters. The van der Waals surface area contributed by atoms with Crippen molar-refractivity contribution >= 4 is 23.1 Å². The van der Waals surface area contributed by atoms with Gasteiger partial charge in [-0.25, -0.2) is 0 Å². The van der Waals surface area contributed by atoms with Gasteiger partial charge in [0.2, 0.25) is 0 Å². The second kappa shape index (κ2) is 6.39. The van der Waals surface area contributed by atoms with E-state index in [1.54, 1.807) is 13.3 Å². The molecule has 0 fully saturated rings. The molecule has 0 radical (unpaired) electrons. The third-order valence-corrected chi connectivity index (χ3v) is 4.33. The largest absolute Gasteiger partial charge is 0.497 e. The Morgan fingerprint density at radius 3 is 2.72 bits per heavy atom. The van der Waals surface area contributed by atoms with Crippen molar-refractivity contribution in [3.05, 3.63) is 60.3 Å². The second-order valence-corrected chi connectivity index (χ2v) is 6.05. The van der Waals surface area contributed by atoms with Crippen LogP contribution in [0.2, 0.25) is 0 Å². The molecule has 3 aromatic rings. The number of benzene rings is 2. The number of nitrogens with one attached hydrogen (secondary N) is 1. The zero-order valence-corrected chi connectivity index (χ0v) is 14.2. The highest BCUT2D eigenvalue weighted by atomic mass is 16.5. The van der Waals surface area contributed by atoms with Gasteiger partial charge in [0.05, 0.1) is 13.3 Å². The molecule has 1 unspecified atom stereocenters. The van der Waals surface area contributed by atoms with Gasteiger partial charge in [-0.1, -0.05) is 18.2 Å². The van der Waals surface area contributed by atoms with Gasteiger partial charge in [0.15, 0.2) is 5.82 Å². The van der Waals surface area contributed by atoms with Crippen LogP contribution in [0.1, 0.15) is 12.5 Å². The van der Waals surface area contributed by atoms with Crippen molar-refractivity contribution in [1.82, 2.24) is 15.2 Å². The third-order valence-electron chi connectivity index (χ3n) is 4.33. The molecular formula is C19H19N5O. The molecule has 0 saturated heterocycles. The molecule has 2 aromatic carbocycles. The number of nitrogens with zero attached hydrogens (tertiary/aromatic N) is 4. The van der Waals surface area contributed by atoms with Crippen LogP contribution in [0.5, 0.6) is 5.75 Å². The van der Waals surface area contributed by atoms with Gasteiger partial charge < -0.3 is 15.0 Å². The molecule has 1 aliphatic rings. The Morgan fingerprint density at radius 1 is 1.12 bits per heavy atom. The molecule has 4 rings (SSSR count). The summed E-state index contributed by atoms with van der Waals surface area (Å²) in [7, 11) is 1.65. The van der Waals surface area contributed by atoms with Crippen LogP contribution in [0.25, 0.3) is 0 Å². The molecule has 1 aliphatic heterocycles. The SMILES string of the molecule is COc1ccc(Nc2cnnc(N3c4ccccc4CC3C)n2)cc1. The van der Waals surface area contributed by atoms with Crippen molar-refractivity contribution in [2.24, 2.45) is 0 Å². The van der Waals surface area contributed by atoms with E-state index in [9.17, 15) is 0 Å². The molecule has 0 spiro atoms. The molecule has 1 N–H and O–H groups in total. The maximum atomic E-state index is 5.18. The molecule has 2 heterocycles. The Hall–Kier alpha value is -3.15. The van der Waals surface area contributed by atoms with Crippen molar-refractivity contribution in [3.8, 4) is 5.75 Å². The van der Waals surface area contributed by atoms with E-state index in [4.69, 9.17) is 4.74 Å². The number of ether oxygens (including phenoxy) is 1. The summed E-state index contributed by atoms with van der Waals surface area (Å²) in [5.74, 6) is 2.08. The summed E-state index contributed by atoms with van der Waals surface area (Å²) in [6, 6.07) is 16.3. The predicted octanol–water partition coefficient (Wildman–Crippen LogP) is 3.71. The molecule has 0 amide bonds. The van der Waals surface area contributed by atoms with Gasteiger partial charge in [-0.15, -0.1) is 5.10 Å². The smallest absolute Gasteiger partial charge is 0.252 e. The van der Waals surface area contributed by atoms with Crippen LogP contribution in [0, 0.1) is 0 Å². The van der Waals surface area contributed by atoms with Crippen LogP contribution >= 0.6 is 0 Å². The second-order valence-electron chi connectivity index (χ2n) is 6.05. The summed E-state index contributed by atoms with van der Waals surface area (Å²) < 4.78 is 5.18. The number of hydrogen-bond acceptors (Lipinski definition) is 6. The van der Waals surface area contributed by atoms with E-state index in [1.807, 2.05) is 30.3 Å². The van der Waals surface area contributed by atoms with Gasteiger partial charge in [0.1, 0.15) is 5.75 Å². The third kappa shape index (κ3) is 2.98. The minimum Gasteiger partial charge on any atom is -0.497 e. The quantitative estimate of drug-likeness (QED) is 0.785. The first-order valence-electron chi connectivity index (χ1n) is 8.22. The fraction of sp³-hybridized carbons (Fsp3) is 0.211. The van der Waals surface area contributed by atoms with Crippen molar-refractivity contribution in [1.29, 1.82) is 0 Å². The predicted molar refractivity (Wildman–Crippen MR) is 97.9 cm³/mol. The summed E-state index contributed by atoms with van der Waals surface area (Å²) in [6.07, 6.45) is 2.61. The van der Waals surface area contributed by atoms with E-state index < -0.39 is 0 Å². The van der Waals surface area contributed by atoms with Crippen LogP contribution < -0.4 is 15.0 Å². The number of rotatable bonds is 4. The molecule has 0 saturated carbocycles. The Kier molecular flexibility index (Phi) is 3.93.